The normalized spacial score (nSPS) is 15.5. The molecule has 1 atom stereocenters. The molecule has 0 N–H and O–H groups in total. The molecule has 0 saturated heterocycles. The number of guanidine groups is 1. The number of halogens is 1. The zero-order valence-corrected chi connectivity index (χ0v) is 11.5. The second-order valence-corrected chi connectivity index (χ2v) is 7.41. The molecule has 0 rings (SSSR count). The van der Waals surface area contributed by atoms with E-state index in [-0.39, 0.29) is 0 Å². The van der Waals surface area contributed by atoms with Crippen LogP contribution in [0.2, 0.25) is 0 Å². The van der Waals surface area contributed by atoms with Crippen molar-refractivity contribution in [3.05, 3.63) is 0 Å². The zero-order chi connectivity index (χ0) is 12.4. The third kappa shape index (κ3) is 3.82. The molecular formula is C9H21FN3OP. The summed E-state index contributed by atoms with van der Waals surface area (Å²) in [6, 6.07) is 0. The van der Waals surface area contributed by atoms with Gasteiger partial charge in [-0.25, -0.2) is 0 Å². The smallest absolute Gasteiger partial charge is 0.349 e. The van der Waals surface area contributed by atoms with Crippen molar-refractivity contribution in [2.24, 2.45) is 4.76 Å². The molecule has 0 saturated carbocycles. The molecule has 4 nitrogen and oxygen atoms in total. The molecule has 0 amide bonds. The monoisotopic (exact) mass is 237 g/mol. The van der Waals surface area contributed by atoms with Gasteiger partial charge in [0.25, 0.3) is 0 Å². The molecule has 0 aromatic heterocycles. The number of rotatable bonds is 1. The van der Waals surface area contributed by atoms with Crippen LogP contribution in [0.1, 0.15) is 20.8 Å². The highest BCUT2D eigenvalue weighted by Crippen LogP contribution is 2.60. The van der Waals surface area contributed by atoms with Gasteiger partial charge in [-0.05, 0) is 20.8 Å². The zero-order valence-electron chi connectivity index (χ0n) is 10.6. The molecule has 0 aliphatic heterocycles. The van der Waals surface area contributed by atoms with Crippen LogP contribution in [0.5, 0.6) is 0 Å². The van der Waals surface area contributed by atoms with Crippen molar-refractivity contribution >= 4 is 13.6 Å². The Morgan fingerprint density at radius 1 is 1.13 bits per heavy atom. The van der Waals surface area contributed by atoms with Gasteiger partial charge in [-0.3, -0.25) is 4.57 Å². The average molecular weight is 237 g/mol. The predicted molar refractivity (Wildman–Crippen MR) is 63.3 cm³/mol. The van der Waals surface area contributed by atoms with E-state index in [2.05, 4.69) is 4.76 Å². The largest absolute Gasteiger partial charge is 0.359 e. The van der Waals surface area contributed by atoms with E-state index in [1.54, 1.807) is 58.8 Å². The first-order valence-electron chi connectivity index (χ1n) is 4.73. The lowest BCUT2D eigenvalue weighted by molar-refractivity contribution is 0.474. The molecule has 90 valence electrons. The Balaban J connectivity index is 5.25. The van der Waals surface area contributed by atoms with E-state index in [0.29, 0.717) is 5.96 Å². The molecule has 0 radical (unpaired) electrons. The van der Waals surface area contributed by atoms with Crippen LogP contribution >= 0.6 is 7.60 Å². The van der Waals surface area contributed by atoms with E-state index in [9.17, 15) is 8.76 Å². The second kappa shape index (κ2) is 4.52. The molecule has 0 aliphatic carbocycles. The lowest BCUT2D eigenvalue weighted by Gasteiger charge is -2.26. The van der Waals surface area contributed by atoms with Crippen LogP contribution in [0.15, 0.2) is 4.76 Å². The van der Waals surface area contributed by atoms with Gasteiger partial charge in [-0.1, -0.05) is 0 Å². The Kier molecular flexibility index (Phi) is 4.35. The first kappa shape index (κ1) is 14.4. The summed E-state index contributed by atoms with van der Waals surface area (Å²) in [5, 5.41) is -0.954. The lowest BCUT2D eigenvalue weighted by atomic mass is 10.3. The summed E-state index contributed by atoms with van der Waals surface area (Å²) in [5.74, 6) is 0.371. The summed E-state index contributed by atoms with van der Waals surface area (Å²) < 4.78 is 29.4. The maximum Gasteiger partial charge on any atom is 0.359 e. The summed E-state index contributed by atoms with van der Waals surface area (Å²) in [6.07, 6.45) is 0. The van der Waals surface area contributed by atoms with Gasteiger partial charge >= 0.3 is 7.60 Å². The van der Waals surface area contributed by atoms with Crippen LogP contribution in [0.3, 0.4) is 0 Å². The molecular weight excluding hydrogens is 216 g/mol. The minimum Gasteiger partial charge on any atom is -0.349 e. The van der Waals surface area contributed by atoms with Crippen molar-refractivity contribution < 1.29 is 8.76 Å². The summed E-state index contributed by atoms with van der Waals surface area (Å²) in [4.78, 5) is 3.27. The highest BCUT2D eigenvalue weighted by molar-refractivity contribution is 7.59. The van der Waals surface area contributed by atoms with Gasteiger partial charge in [-0.2, -0.15) is 8.96 Å². The molecule has 0 aromatic rings. The molecule has 0 bridgehead atoms. The van der Waals surface area contributed by atoms with Gasteiger partial charge in [-0.15, -0.1) is 0 Å². The molecule has 6 heteroatoms. The first-order valence-corrected chi connectivity index (χ1v) is 6.29. The van der Waals surface area contributed by atoms with Gasteiger partial charge in [0.15, 0.2) is 0 Å². The van der Waals surface area contributed by atoms with E-state index in [4.69, 9.17) is 0 Å². The van der Waals surface area contributed by atoms with Crippen molar-refractivity contribution in [1.82, 2.24) is 9.80 Å². The Morgan fingerprint density at radius 2 is 1.47 bits per heavy atom. The van der Waals surface area contributed by atoms with Gasteiger partial charge in [0, 0.05) is 28.2 Å². The van der Waals surface area contributed by atoms with Crippen molar-refractivity contribution in [3.63, 3.8) is 0 Å². The van der Waals surface area contributed by atoms with Crippen molar-refractivity contribution in [2.45, 2.75) is 25.9 Å². The Hall–Kier alpha value is -0.570. The first-order chi connectivity index (χ1) is 6.49. The minimum atomic E-state index is -4.04. The van der Waals surface area contributed by atoms with Crippen molar-refractivity contribution in [3.8, 4) is 0 Å². The van der Waals surface area contributed by atoms with Gasteiger partial charge in [0.2, 0.25) is 5.96 Å². The summed E-state index contributed by atoms with van der Waals surface area (Å²) in [7, 11) is 2.91. The second-order valence-electron chi connectivity index (χ2n) is 4.86. The van der Waals surface area contributed by atoms with E-state index >= 15 is 0 Å². The van der Waals surface area contributed by atoms with E-state index < -0.39 is 12.8 Å². The van der Waals surface area contributed by atoms with Crippen LogP contribution in [0.4, 0.5) is 4.20 Å². The summed E-state index contributed by atoms with van der Waals surface area (Å²) in [6.45, 7) is 4.75. The predicted octanol–water partition coefficient (Wildman–Crippen LogP) is 2.43. The fourth-order valence-corrected chi connectivity index (χ4v) is 1.73. The number of hydrogen-bond donors (Lipinski definition) is 0. The highest BCUT2D eigenvalue weighted by Gasteiger charge is 2.37. The molecule has 0 aliphatic rings. The topological polar surface area (TPSA) is 35.9 Å². The molecule has 0 heterocycles. The van der Waals surface area contributed by atoms with E-state index in [0.717, 1.165) is 0 Å². The number of nitrogens with zero attached hydrogens (tertiary/aromatic N) is 3. The van der Waals surface area contributed by atoms with Crippen molar-refractivity contribution in [2.75, 3.05) is 28.2 Å². The van der Waals surface area contributed by atoms with Crippen LogP contribution in [-0.4, -0.2) is 49.1 Å². The minimum absolute atomic E-state index is 0.371. The molecule has 0 fully saturated rings. The Morgan fingerprint density at radius 3 is 1.67 bits per heavy atom. The lowest BCUT2D eigenvalue weighted by Crippen LogP contribution is -2.35. The maximum atomic E-state index is 13.9. The van der Waals surface area contributed by atoms with Crippen LogP contribution in [0.25, 0.3) is 0 Å². The standard InChI is InChI=1S/C9H21FN3OP/c1-9(2,3)15(10,14)11-8(12(4)5)13(6)7/h1-7H3. The Bertz CT molecular complexity index is 284. The third-order valence-corrected chi connectivity index (χ3v) is 3.94. The third-order valence-electron chi connectivity index (χ3n) is 1.85. The molecule has 1 unspecified atom stereocenters. The van der Waals surface area contributed by atoms with Gasteiger partial charge in [0.1, 0.15) is 0 Å². The fourth-order valence-electron chi connectivity index (χ4n) is 0.844. The summed E-state index contributed by atoms with van der Waals surface area (Å²) >= 11 is 0. The highest BCUT2D eigenvalue weighted by atomic mass is 31.2. The Labute approximate surface area is 91.7 Å². The SMILES string of the molecule is CN(C)C(=NP(=O)(F)C(C)(C)C)N(C)C. The fraction of sp³-hybridized carbons (Fsp3) is 0.889. The molecule has 15 heavy (non-hydrogen) atoms. The van der Waals surface area contributed by atoms with E-state index in [1.807, 2.05) is 0 Å². The maximum absolute atomic E-state index is 13.9. The average Bonchev–Trinajstić information content (AvgIpc) is 1.96. The molecule has 0 aromatic carbocycles. The van der Waals surface area contributed by atoms with E-state index in [1.165, 1.54) is 0 Å². The van der Waals surface area contributed by atoms with Gasteiger partial charge in [0.05, 0.1) is 5.16 Å². The van der Waals surface area contributed by atoms with Crippen LogP contribution in [0, 0.1) is 0 Å². The summed E-state index contributed by atoms with van der Waals surface area (Å²) in [5.41, 5.74) is 0. The van der Waals surface area contributed by atoms with Crippen molar-refractivity contribution in [1.29, 1.82) is 0 Å². The van der Waals surface area contributed by atoms with Crippen LogP contribution < -0.4 is 0 Å². The number of hydrogen-bond acceptors (Lipinski definition) is 1. The van der Waals surface area contributed by atoms with Crippen LogP contribution in [-0.2, 0) is 4.57 Å². The molecule has 0 spiro atoms. The quantitative estimate of drug-likeness (QED) is 0.399. The van der Waals surface area contributed by atoms with Gasteiger partial charge < -0.3 is 9.80 Å².